The van der Waals surface area contributed by atoms with Gasteiger partial charge >= 0.3 is 0 Å². The summed E-state index contributed by atoms with van der Waals surface area (Å²) in [4.78, 5) is 10.3. The molecular weight excluding hydrogens is 223 g/mol. The van der Waals surface area contributed by atoms with Gasteiger partial charge in [0.15, 0.2) is 0 Å². The zero-order valence-electron chi connectivity index (χ0n) is 10.2. The number of halogens is 1. The smallest absolute Gasteiger partial charge is 0.292 e. The summed E-state index contributed by atoms with van der Waals surface area (Å²) >= 11 is 0. The maximum atomic E-state index is 13.1. The Kier molecular flexibility index (Phi) is 4.43. The third-order valence-corrected chi connectivity index (χ3v) is 2.38. The van der Waals surface area contributed by atoms with Gasteiger partial charge in [0.05, 0.1) is 4.92 Å². The molecule has 0 radical (unpaired) electrons. The van der Waals surface area contributed by atoms with Gasteiger partial charge in [-0.25, -0.2) is 4.39 Å². The van der Waals surface area contributed by atoms with Crippen LogP contribution >= 0.6 is 0 Å². The number of hydrogen-bond acceptors (Lipinski definition) is 3. The number of nitro benzene ring substituents is 1. The van der Waals surface area contributed by atoms with Crippen LogP contribution in [0, 0.1) is 21.8 Å². The molecule has 0 heterocycles. The third kappa shape index (κ3) is 4.01. The minimum Gasteiger partial charge on any atom is -0.377 e. The van der Waals surface area contributed by atoms with Gasteiger partial charge in [-0.2, -0.15) is 0 Å². The lowest BCUT2D eigenvalue weighted by molar-refractivity contribution is -0.384. The van der Waals surface area contributed by atoms with E-state index in [9.17, 15) is 14.5 Å². The first-order valence-electron chi connectivity index (χ1n) is 5.60. The molecule has 0 fully saturated rings. The summed E-state index contributed by atoms with van der Waals surface area (Å²) in [6.45, 7) is 6.06. The van der Waals surface area contributed by atoms with Gasteiger partial charge in [-0.1, -0.05) is 13.8 Å². The molecule has 1 unspecified atom stereocenters. The molecule has 1 N–H and O–H groups in total. The first-order chi connectivity index (χ1) is 7.90. The Balaban J connectivity index is 2.88. The van der Waals surface area contributed by atoms with E-state index in [2.05, 4.69) is 19.2 Å². The summed E-state index contributed by atoms with van der Waals surface area (Å²) in [5, 5.41) is 13.8. The summed E-state index contributed by atoms with van der Waals surface area (Å²) in [5.41, 5.74) is 0.144. The molecule has 0 bridgehead atoms. The van der Waals surface area contributed by atoms with Crippen molar-refractivity contribution in [2.75, 3.05) is 5.32 Å². The van der Waals surface area contributed by atoms with E-state index in [1.54, 1.807) is 0 Å². The van der Waals surface area contributed by atoms with Crippen molar-refractivity contribution in [1.82, 2.24) is 0 Å². The molecule has 0 aliphatic carbocycles. The number of rotatable bonds is 5. The minimum atomic E-state index is -0.510. The highest BCUT2D eigenvalue weighted by Crippen LogP contribution is 2.26. The summed E-state index contributed by atoms with van der Waals surface area (Å²) in [6, 6.07) is 3.50. The van der Waals surface area contributed by atoms with Crippen LogP contribution in [0.3, 0.4) is 0 Å². The lowest BCUT2D eigenvalue weighted by atomic mass is 10.0. The number of nitrogens with one attached hydrogen (secondary N) is 1. The fourth-order valence-electron chi connectivity index (χ4n) is 1.81. The van der Waals surface area contributed by atoms with Crippen molar-refractivity contribution in [1.29, 1.82) is 0 Å². The van der Waals surface area contributed by atoms with Gasteiger partial charge < -0.3 is 5.32 Å². The van der Waals surface area contributed by atoms with Crippen LogP contribution in [-0.4, -0.2) is 11.0 Å². The Labute approximate surface area is 100.0 Å². The van der Waals surface area contributed by atoms with E-state index in [0.717, 1.165) is 18.6 Å². The maximum absolute atomic E-state index is 13.1. The van der Waals surface area contributed by atoms with Crippen LogP contribution in [0.15, 0.2) is 18.2 Å². The lowest BCUT2D eigenvalue weighted by Crippen LogP contribution is -2.18. The van der Waals surface area contributed by atoms with E-state index in [0.29, 0.717) is 5.92 Å². The Morgan fingerprint density at radius 1 is 1.41 bits per heavy atom. The van der Waals surface area contributed by atoms with Crippen molar-refractivity contribution in [3.63, 3.8) is 0 Å². The normalized spacial score (nSPS) is 12.5. The van der Waals surface area contributed by atoms with E-state index in [4.69, 9.17) is 0 Å². The monoisotopic (exact) mass is 240 g/mol. The van der Waals surface area contributed by atoms with Crippen LogP contribution in [0.2, 0.25) is 0 Å². The second-order valence-electron chi connectivity index (χ2n) is 4.59. The molecule has 0 spiro atoms. The van der Waals surface area contributed by atoms with Gasteiger partial charge in [-0.3, -0.25) is 10.1 Å². The minimum absolute atomic E-state index is 0.0653. The van der Waals surface area contributed by atoms with Gasteiger partial charge in [0.1, 0.15) is 11.5 Å². The van der Waals surface area contributed by atoms with Crippen molar-refractivity contribution in [3.05, 3.63) is 34.1 Å². The Bertz CT molecular complexity index is 407. The van der Waals surface area contributed by atoms with Crippen LogP contribution in [0.4, 0.5) is 15.8 Å². The van der Waals surface area contributed by atoms with Crippen LogP contribution in [0.5, 0.6) is 0 Å². The molecule has 0 saturated heterocycles. The molecule has 94 valence electrons. The molecule has 1 aromatic carbocycles. The van der Waals surface area contributed by atoms with Crippen molar-refractivity contribution in [2.45, 2.75) is 33.2 Å². The third-order valence-electron chi connectivity index (χ3n) is 2.38. The van der Waals surface area contributed by atoms with Crippen LogP contribution < -0.4 is 5.32 Å². The molecule has 5 heteroatoms. The van der Waals surface area contributed by atoms with Gasteiger partial charge in [0.2, 0.25) is 0 Å². The Morgan fingerprint density at radius 2 is 2.06 bits per heavy atom. The molecule has 1 atom stereocenters. The summed E-state index contributed by atoms with van der Waals surface area (Å²) < 4.78 is 13.1. The molecule has 0 amide bonds. The largest absolute Gasteiger partial charge is 0.377 e. The highest BCUT2D eigenvalue weighted by molar-refractivity contribution is 5.61. The van der Waals surface area contributed by atoms with E-state index < -0.39 is 10.7 Å². The highest BCUT2D eigenvalue weighted by atomic mass is 19.1. The van der Waals surface area contributed by atoms with E-state index in [1.165, 1.54) is 6.07 Å². The predicted molar refractivity (Wildman–Crippen MR) is 65.6 cm³/mol. The average Bonchev–Trinajstić information content (AvgIpc) is 2.15. The topological polar surface area (TPSA) is 55.2 Å². The Morgan fingerprint density at radius 3 is 2.59 bits per heavy atom. The summed E-state index contributed by atoms with van der Waals surface area (Å²) in [6.07, 6.45) is 0.869. The van der Waals surface area contributed by atoms with Gasteiger partial charge in [-0.15, -0.1) is 0 Å². The lowest BCUT2D eigenvalue weighted by Gasteiger charge is -2.17. The van der Waals surface area contributed by atoms with E-state index >= 15 is 0 Å². The van der Waals surface area contributed by atoms with Crippen LogP contribution in [0.25, 0.3) is 0 Å². The zero-order valence-corrected chi connectivity index (χ0v) is 10.2. The number of benzene rings is 1. The summed E-state index contributed by atoms with van der Waals surface area (Å²) in [5.74, 6) is -0.0000350. The van der Waals surface area contributed by atoms with Crippen molar-refractivity contribution in [3.8, 4) is 0 Å². The highest BCUT2D eigenvalue weighted by Gasteiger charge is 2.16. The quantitative estimate of drug-likeness (QED) is 0.632. The van der Waals surface area contributed by atoms with Crippen molar-refractivity contribution in [2.24, 2.45) is 5.92 Å². The molecule has 1 aromatic rings. The standard InChI is InChI=1S/C12H17FN2O2/c1-8(2)6-9(3)14-11-7-10(13)4-5-12(11)15(16)17/h4-5,7-9,14H,6H2,1-3H3. The molecular formula is C12H17FN2O2. The second-order valence-corrected chi connectivity index (χ2v) is 4.59. The molecule has 1 rings (SSSR count). The molecule has 0 saturated carbocycles. The van der Waals surface area contributed by atoms with Gasteiger partial charge in [0.25, 0.3) is 5.69 Å². The number of nitrogens with zero attached hydrogens (tertiary/aromatic N) is 1. The fourth-order valence-corrected chi connectivity index (χ4v) is 1.81. The number of nitro groups is 1. The molecule has 4 nitrogen and oxygen atoms in total. The molecule has 0 aliphatic rings. The van der Waals surface area contributed by atoms with E-state index in [1.807, 2.05) is 6.92 Å². The van der Waals surface area contributed by atoms with Crippen LogP contribution in [0.1, 0.15) is 27.2 Å². The zero-order chi connectivity index (χ0) is 13.0. The fraction of sp³-hybridized carbons (Fsp3) is 0.500. The number of hydrogen-bond donors (Lipinski definition) is 1. The predicted octanol–water partition coefficient (Wildman–Crippen LogP) is 3.58. The van der Waals surface area contributed by atoms with Gasteiger partial charge in [0, 0.05) is 18.2 Å². The average molecular weight is 240 g/mol. The molecule has 17 heavy (non-hydrogen) atoms. The van der Waals surface area contributed by atoms with Crippen molar-refractivity contribution >= 4 is 11.4 Å². The van der Waals surface area contributed by atoms with Crippen molar-refractivity contribution < 1.29 is 9.31 Å². The van der Waals surface area contributed by atoms with E-state index in [-0.39, 0.29) is 17.4 Å². The first kappa shape index (κ1) is 13.4. The SMILES string of the molecule is CC(C)CC(C)Nc1cc(F)ccc1[N+](=O)[O-]. The molecule has 0 aromatic heterocycles. The number of anilines is 1. The van der Waals surface area contributed by atoms with Crippen LogP contribution in [-0.2, 0) is 0 Å². The van der Waals surface area contributed by atoms with Gasteiger partial charge in [-0.05, 0) is 25.3 Å². The first-order valence-corrected chi connectivity index (χ1v) is 5.60. The molecule has 0 aliphatic heterocycles. The summed E-state index contributed by atoms with van der Waals surface area (Å²) in [7, 11) is 0. The maximum Gasteiger partial charge on any atom is 0.292 e. The second kappa shape index (κ2) is 5.61. The Hall–Kier alpha value is -1.65.